The zero-order valence-electron chi connectivity index (χ0n) is 9.63. The number of rotatable bonds is 2. The van der Waals surface area contributed by atoms with Gasteiger partial charge in [0.25, 0.3) is 0 Å². The van der Waals surface area contributed by atoms with Crippen LogP contribution in [-0.4, -0.2) is 18.3 Å². The minimum atomic E-state index is -0.114. The van der Waals surface area contributed by atoms with E-state index in [4.69, 9.17) is 10.5 Å². The van der Waals surface area contributed by atoms with Crippen molar-refractivity contribution in [3.63, 3.8) is 0 Å². The highest BCUT2D eigenvalue weighted by Gasteiger charge is 2.27. The molecule has 0 unspecified atom stereocenters. The van der Waals surface area contributed by atoms with Gasteiger partial charge in [0.15, 0.2) is 0 Å². The molecule has 1 aromatic carbocycles. The average molecular weight is 444 g/mol. The molecular weight excluding hydrogens is 430 g/mol. The maximum atomic E-state index is 9.96. The number of nitrogens with two attached hydrogens (primary N) is 1. The molecule has 0 amide bonds. The molecule has 1 saturated heterocycles. The van der Waals surface area contributed by atoms with Crippen molar-refractivity contribution in [3.8, 4) is 5.75 Å². The first-order valence-electron chi connectivity index (χ1n) is 5.72. The molecule has 0 spiro atoms. The fourth-order valence-corrected chi connectivity index (χ4v) is 4.86. The Morgan fingerprint density at radius 2 is 1.83 bits per heavy atom. The summed E-state index contributed by atoms with van der Waals surface area (Å²) < 4.78 is 7.55. The van der Waals surface area contributed by atoms with Gasteiger partial charge < -0.3 is 15.6 Å². The third-order valence-corrected chi connectivity index (χ3v) is 5.35. The van der Waals surface area contributed by atoms with E-state index in [2.05, 4.69) is 47.8 Å². The lowest BCUT2D eigenvalue weighted by atomic mass is 9.88. The van der Waals surface area contributed by atoms with Gasteiger partial charge in [0.05, 0.1) is 8.95 Å². The highest BCUT2D eigenvalue weighted by molar-refractivity contribution is 9.11. The van der Waals surface area contributed by atoms with Crippen molar-refractivity contribution in [2.45, 2.75) is 18.9 Å². The van der Waals surface area contributed by atoms with Crippen molar-refractivity contribution in [2.24, 2.45) is 11.7 Å². The quantitative estimate of drug-likeness (QED) is 0.723. The Labute approximate surface area is 131 Å². The number of phenolic OH excluding ortho intramolecular Hbond substituents is 1. The van der Waals surface area contributed by atoms with Crippen LogP contribution in [0, 0.1) is 5.92 Å². The molecule has 6 heteroatoms. The minimum Gasteiger partial charge on any atom is -0.506 e. The molecule has 100 valence electrons. The molecule has 0 aromatic heterocycles. The van der Waals surface area contributed by atoms with Crippen molar-refractivity contribution in [1.29, 1.82) is 0 Å². The van der Waals surface area contributed by atoms with E-state index in [-0.39, 0.29) is 11.8 Å². The molecule has 1 fully saturated rings. The summed E-state index contributed by atoms with van der Waals surface area (Å²) >= 11 is 10.3. The molecule has 3 nitrogen and oxygen atoms in total. The largest absolute Gasteiger partial charge is 0.506 e. The van der Waals surface area contributed by atoms with Crippen molar-refractivity contribution >= 4 is 47.8 Å². The number of hydrogen-bond donors (Lipinski definition) is 2. The second-order valence-corrected chi connectivity index (χ2v) is 6.89. The normalized spacial score (nSPS) is 18.9. The van der Waals surface area contributed by atoms with Crippen LogP contribution in [-0.2, 0) is 4.74 Å². The molecule has 1 aliphatic rings. The highest BCUT2D eigenvalue weighted by atomic mass is 79.9. The monoisotopic (exact) mass is 441 g/mol. The molecule has 1 heterocycles. The Balaban J connectivity index is 2.34. The molecule has 18 heavy (non-hydrogen) atoms. The SMILES string of the molecule is N[C@H](c1c(Br)cc(Br)c(O)c1Br)C1CCOCC1. The molecule has 1 atom stereocenters. The second-order valence-electron chi connectivity index (χ2n) is 4.39. The first-order valence-corrected chi connectivity index (χ1v) is 8.10. The molecule has 2 rings (SSSR count). The highest BCUT2D eigenvalue weighted by Crippen LogP contribution is 2.44. The van der Waals surface area contributed by atoms with Gasteiger partial charge in [0.1, 0.15) is 5.75 Å². The lowest BCUT2D eigenvalue weighted by Crippen LogP contribution is -2.28. The lowest BCUT2D eigenvalue weighted by molar-refractivity contribution is 0.0582. The molecule has 1 aromatic rings. The molecule has 3 N–H and O–H groups in total. The van der Waals surface area contributed by atoms with Crippen molar-refractivity contribution in [1.82, 2.24) is 0 Å². The van der Waals surface area contributed by atoms with Gasteiger partial charge in [-0.25, -0.2) is 0 Å². The smallest absolute Gasteiger partial charge is 0.144 e. The van der Waals surface area contributed by atoms with Gasteiger partial charge in [-0.3, -0.25) is 0 Å². The fraction of sp³-hybridized carbons (Fsp3) is 0.500. The summed E-state index contributed by atoms with van der Waals surface area (Å²) in [5.41, 5.74) is 7.27. The molecule has 0 saturated carbocycles. The molecule has 1 aliphatic heterocycles. The summed E-state index contributed by atoms with van der Waals surface area (Å²) in [4.78, 5) is 0. The summed E-state index contributed by atoms with van der Waals surface area (Å²) in [7, 11) is 0. The Hall–Kier alpha value is 0.380. The predicted molar refractivity (Wildman–Crippen MR) is 81.7 cm³/mol. The van der Waals surface area contributed by atoms with Gasteiger partial charge in [0.2, 0.25) is 0 Å². The van der Waals surface area contributed by atoms with Gasteiger partial charge in [0, 0.05) is 29.3 Å². The zero-order valence-corrected chi connectivity index (χ0v) is 14.4. The third-order valence-electron chi connectivity index (χ3n) is 3.29. The third kappa shape index (κ3) is 2.93. The second kappa shape index (κ2) is 6.22. The van der Waals surface area contributed by atoms with Gasteiger partial charge in [-0.1, -0.05) is 15.9 Å². The fourth-order valence-electron chi connectivity index (χ4n) is 2.21. The Morgan fingerprint density at radius 1 is 1.22 bits per heavy atom. The van der Waals surface area contributed by atoms with Crippen LogP contribution in [0.5, 0.6) is 5.75 Å². The van der Waals surface area contributed by atoms with Crippen LogP contribution in [0.15, 0.2) is 19.5 Å². The van der Waals surface area contributed by atoms with Crippen LogP contribution in [0.4, 0.5) is 0 Å². The van der Waals surface area contributed by atoms with E-state index < -0.39 is 0 Å². The van der Waals surface area contributed by atoms with Crippen molar-refractivity contribution in [3.05, 3.63) is 25.0 Å². The van der Waals surface area contributed by atoms with Crippen LogP contribution in [0.2, 0.25) is 0 Å². The molecule has 0 radical (unpaired) electrons. The number of halogens is 3. The molecule has 0 aliphatic carbocycles. The summed E-state index contributed by atoms with van der Waals surface area (Å²) in [5, 5.41) is 9.96. The van der Waals surface area contributed by atoms with Gasteiger partial charge in [-0.2, -0.15) is 0 Å². The average Bonchev–Trinajstić information content (AvgIpc) is 2.37. The summed E-state index contributed by atoms with van der Waals surface area (Å²) in [6, 6.07) is 1.71. The van der Waals surface area contributed by atoms with E-state index in [1.807, 2.05) is 6.07 Å². The van der Waals surface area contributed by atoms with Crippen LogP contribution in [0.3, 0.4) is 0 Å². The van der Waals surface area contributed by atoms with E-state index in [0.29, 0.717) is 14.9 Å². The lowest BCUT2D eigenvalue weighted by Gasteiger charge is -2.29. The Morgan fingerprint density at radius 3 is 2.44 bits per heavy atom. The summed E-state index contributed by atoms with van der Waals surface area (Å²) in [5.74, 6) is 0.572. The number of hydrogen-bond acceptors (Lipinski definition) is 3. The van der Waals surface area contributed by atoms with E-state index in [1.54, 1.807) is 0 Å². The van der Waals surface area contributed by atoms with E-state index >= 15 is 0 Å². The summed E-state index contributed by atoms with van der Waals surface area (Å²) in [6.07, 6.45) is 1.91. The maximum absolute atomic E-state index is 9.96. The van der Waals surface area contributed by atoms with Gasteiger partial charge in [-0.05, 0) is 56.7 Å². The maximum Gasteiger partial charge on any atom is 0.144 e. The van der Waals surface area contributed by atoms with Crippen LogP contribution >= 0.6 is 47.8 Å². The number of ether oxygens (including phenoxy) is 1. The van der Waals surface area contributed by atoms with Crippen LogP contribution in [0.1, 0.15) is 24.4 Å². The summed E-state index contributed by atoms with van der Waals surface area (Å²) in [6.45, 7) is 1.52. The Bertz CT molecular complexity index is 447. The van der Waals surface area contributed by atoms with Gasteiger partial charge in [-0.15, -0.1) is 0 Å². The number of phenols is 1. The topological polar surface area (TPSA) is 55.5 Å². The van der Waals surface area contributed by atoms with Crippen molar-refractivity contribution in [2.75, 3.05) is 13.2 Å². The van der Waals surface area contributed by atoms with E-state index in [0.717, 1.165) is 36.1 Å². The van der Waals surface area contributed by atoms with Gasteiger partial charge >= 0.3 is 0 Å². The number of aromatic hydroxyl groups is 1. The molecular formula is C12H14Br3NO2. The van der Waals surface area contributed by atoms with Crippen LogP contribution < -0.4 is 5.73 Å². The van der Waals surface area contributed by atoms with Crippen molar-refractivity contribution < 1.29 is 9.84 Å². The van der Waals surface area contributed by atoms with Crippen LogP contribution in [0.25, 0.3) is 0 Å². The van der Waals surface area contributed by atoms with E-state index in [9.17, 15) is 5.11 Å². The standard InChI is InChI=1S/C12H14Br3NO2/c13-7-5-8(14)12(17)10(15)9(7)11(16)6-1-3-18-4-2-6/h5-6,11,17H,1-4,16H2/t11-/m0/s1. The minimum absolute atomic E-state index is 0.114. The first-order chi connectivity index (χ1) is 8.52. The first kappa shape index (κ1) is 14.8. The molecule has 0 bridgehead atoms. The zero-order chi connectivity index (χ0) is 13.3. The predicted octanol–water partition coefficient (Wildman–Crippen LogP) is 4.11. The number of benzene rings is 1. The van der Waals surface area contributed by atoms with E-state index in [1.165, 1.54) is 0 Å². The Kier molecular flexibility index (Phi) is 5.11.